The average Bonchev–Trinajstić information content (AvgIpc) is 2.96. The predicted molar refractivity (Wildman–Crippen MR) is 74.3 cm³/mol. The second-order valence-corrected chi connectivity index (χ2v) is 5.03. The molecule has 0 aromatic heterocycles. The summed E-state index contributed by atoms with van der Waals surface area (Å²) in [5.41, 5.74) is 1.90. The van der Waals surface area contributed by atoms with E-state index < -0.39 is 0 Å². The minimum Gasteiger partial charge on any atom is -0.459 e. The van der Waals surface area contributed by atoms with Crippen LogP contribution in [0, 0.1) is 0 Å². The van der Waals surface area contributed by atoms with Crippen molar-refractivity contribution in [1.82, 2.24) is 0 Å². The van der Waals surface area contributed by atoms with Crippen LogP contribution in [0.5, 0.6) is 0 Å². The van der Waals surface area contributed by atoms with Gasteiger partial charge in [-0.15, -0.1) is 0 Å². The van der Waals surface area contributed by atoms with E-state index in [2.05, 4.69) is 6.92 Å². The maximum Gasteiger partial charge on any atom is 0.338 e. The molecule has 19 heavy (non-hydrogen) atoms. The second-order valence-electron chi connectivity index (χ2n) is 5.03. The molecule has 0 radical (unpaired) electrons. The van der Waals surface area contributed by atoms with E-state index in [-0.39, 0.29) is 12.1 Å². The zero-order valence-corrected chi connectivity index (χ0v) is 11.6. The molecule has 1 aromatic rings. The third-order valence-corrected chi connectivity index (χ3v) is 3.43. The fraction of sp³-hybridized carbons (Fsp3) is 0.562. The van der Waals surface area contributed by atoms with Crippen LogP contribution in [-0.4, -0.2) is 25.3 Å². The van der Waals surface area contributed by atoms with Gasteiger partial charge in [0.1, 0.15) is 6.61 Å². The van der Waals surface area contributed by atoms with E-state index in [9.17, 15) is 4.79 Å². The van der Waals surface area contributed by atoms with E-state index in [1.165, 1.54) is 18.4 Å². The smallest absolute Gasteiger partial charge is 0.338 e. The average molecular weight is 262 g/mol. The minimum atomic E-state index is -0.252. The van der Waals surface area contributed by atoms with Gasteiger partial charge in [0, 0.05) is 6.61 Å². The Morgan fingerprint density at radius 3 is 2.79 bits per heavy atom. The van der Waals surface area contributed by atoms with Crippen molar-refractivity contribution in [2.45, 2.75) is 45.1 Å². The quantitative estimate of drug-likeness (QED) is 0.737. The van der Waals surface area contributed by atoms with E-state index >= 15 is 0 Å². The molecule has 0 spiro atoms. The van der Waals surface area contributed by atoms with Crippen LogP contribution in [-0.2, 0) is 15.9 Å². The first-order chi connectivity index (χ1) is 9.29. The molecule has 1 aromatic carbocycles. The number of esters is 1. The molecule has 1 saturated heterocycles. The lowest BCUT2D eigenvalue weighted by Crippen LogP contribution is -2.17. The van der Waals surface area contributed by atoms with Gasteiger partial charge in [-0.3, -0.25) is 0 Å². The lowest BCUT2D eigenvalue weighted by atomic mass is 10.1. The summed E-state index contributed by atoms with van der Waals surface area (Å²) in [5.74, 6) is -0.252. The molecule has 0 bridgehead atoms. The van der Waals surface area contributed by atoms with Gasteiger partial charge in [-0.2, -0.15) is 0 Å². The van der Waals surface area contributed by atoms with Crippen LogP contribution in [0.4, 0.5) is 0 Å². The summed E-state index contributed by atoms with van der Waals surface area (Å²) in [4.78, 5) is 11.8. The van der Waals surface area contributed by atoms with Gasteiger partial charge in [0.05, 0.1) is 11.7 Å². The van der Waals surface area contributed by atoms with E-state index in [0.29, 0.717) is 12.2 Å². The van der Waals surface area contributed by atoms with E-state index in [0.717, 1.165) is 25.9 Å². The SMILES string of the molecule is CCCCc1ccc(C(=O)OCC2CCCO2)cc1. The molecule has 1 aliphatic heterocycles. The van der Waals surface area contributed by atoms with Crippen molar-refractivity contribution < 1.29 is 14.3 Å². The highest BCUT2D eigenvalue weighted by Crippen LogP contribution is 2.13. The fourth-order valence-electron chi connectivity index (χ4n) is 2.22. The summed E-state index contributed by atoms with van der Waals surface area (Å²) >= 11 is 0. The van der Waals surface area contributed by atoms with Crippen LogP contribution >= 0.6 is 0 Å². The molecule has 2 rings (SSSR count). The van der Waals surface area contributed by atoms with Gasteiger partial charge in [0.15, 0.2) is 0 Å². The monoisotopic (exact) mass is 262 g/mol. The standard InChI is InChI=1S/C16H22O3/c1-2-3-5-13-7-9-14(10-8-13)16(17)19-12-15-6-4-11-18-15/h7-10,15H,2-6,11-12H2,1H3. The van der Waals surface area contributed by atoms with E-state index in [4.69, 9.17) is 9.47 Å². The van der Waals surface area contributed by atoms with Crippen LogP contribution < -0.4 is 0 Å². The predicted octanol–water partition coefficient (Wildman–Crippen LogP) is 3.37. The first-order valence-corrected chi connectivity index (χ1v) is 7.17. The first kappa shape index (κ1) is 14.1. The third kappa shape index (κ3) is 4.35. The van der Waals surface area contributed by atoms with Crippen molar-refractivity contribution in [2.75, 3.05) is 13.2 Å². The highest BCUT2D eigenvalue weighted by Gasteiger charge is 2.17. The maximum atomic E-state index is 11.8. The summed E-state index contributed by atoms with van der Waals surface area (Å²) in [7, 11) is 0. The van der Waals surface area contributed by atoms with Gasteiger partial charge < -0.3 is 9.47 Å². The zero-order valence-electron chi connectivity index (χ0n) is 11.6. The van der Waals surface area contributed by atoms with E-state index in [1.807, 2.05) is 24.3 Å². The molecule has 104 valence electrons. The molecular weight excluding hydrogens is 240 g/mol. The Morgan fingerprint density at radius 2 is 2.16 bits per heavy atom. The Balaban J connectivity index is 1.81. The summed E-state index contributed by atoms with van der Waals surface area (Å²) in [6.45, 7) is 3.33. The van der Waals surface area contributed by atoms with Gasteiger partial charge in [-0.1, -0.05) is 25.5 Å². The van der Waals surface area contributed by atoms with Crippen LogP contribution in [0.1, 0.15) is 48.5 Å². The van der Waals surface area contributed by atoms with Gasteiger partial charge >= 0.3 is 5.97 Å². The van der Waals surface area contributed by atoms with Gasteiger partial charge in [0.25, 0.3) is 0 Å². The second kappa shape index (κ2) is 7.29. The number of ether oxygens (including phenoxy) is 2. The molecular formula is C16H22O3. The van der Waals surface area contributed by atoms with Crippen molar-refractivity contribution in [3.8, 4) is 0 Å². The van der Waals surface area contributed by atoms with Crippen LogP contribution in [0.15, 0.2) is 24.3 Å². The highest BCUT2D eigenvalue weighted by molar-refractivity contribution is 5.89. The van der Waals surface area contributed by atoms with Crippen molar-refractivity contribution in [3.63, 3.8) is 0 Å². The first-order valence-electron chi connectivity index (χ1n) is 7.17. The van der Waals surface area contributed by atoms with Crippen LogP contribution in [0.25, 0.3) is 0 Å². The molecule has 3 nitrogen and oxygen atoms in total. The lowest BCUT2D eigenvalue weighted by Gasteiger charge is -2.10. The van der Waals surface area contributed by atoms with Gasteiger partial charge in [-0.05, 0) is 43.4 Å². The number of hydrogen-bond acceptors (Lipinski definition) is 3. The van der Waals surface area contributed by atoms with Crippen molar-refractivity contribution in [3.05, 3.63) is 35.4 Å². The molecule has 0 aliphatic carbocycles. The molecule has 0 N–H and O–H groups in total. The summed E-state index contributed by atoms with van der Waals surface area (Å²) in [6, 6.07) is 7.72. The van der Waals surface area contributed by atoms with Crippen molar-refractivity contribution in [2.24, 2.45) is 0 Å². The molecule has 1 atom stereocenters. The number of unbranched alkanes of at least 4 members (excludes halogenated alkanes) is 1. The molecule has 1 unspecified atom stereocenters. The fourth-order valence-corrected chi connectivity index (χ4v) is 2.22. The van der Waals surface area contributed by atoms with Crippen molar-refractivity contribution in [1.29, 1.82) is 0 Å². The zero-order chi connectivity index (χ0) is 13.5. The number of rotatable bonds is 6. The minimum absolute atomic E-state index is 0.0905. The number of carbonyl (C=O) groups excluding carboxylic acids is 1. The van der Waals surface area contributed by atoms with Crippen LogP contribution in [0.3, 0.4) is 0 Å². The summed E-state index contributed by atoms with van der Waals surface area (Å²) in [5, 5.41) is 0. The van der Waals surface area contributed by atoms with Crippen LogP contribution in [0.2, 0.25) is 0 Å². The Labute approximate surface area is 114 Å². The van der Waals surface area contributed by atoms with Gasteiger partial charge in [-0.25, -0.2) is 4.79 Å². The van der Waals surface area contributed by atoms with E-state index in [1.54, 1.807) is 0 Å². The molecule has 3 heteroatoms. The highest BCUT2D eigenvalue weighted by atomic mass is 16.6. The third-order valence-electron chi connectivity index (χ3n) is 3.43. The Hall–Kier alpha value is -1.35. The summed E-state index contributed by atoms with van der Waals surface area (Å²) in [6.07, 6.45) is 5.58. The lowest BCUT2D eigenvalue weighted by molar-refractivity contribution is 0.0161. The molecule has 1 aliphatic rings. The molecule has 0 saturated carbocycles. The summed E-state index contributed by atoms with van der Waals surface area (Å²) < 4.78 is 10.7. The Kier molecular flexibility index (Phi) is 5.40. The topological polar surface area (TPSA) is 35.5 Å². The molecule has 1 fully saturated rings. The number of aryl methyl sites for hydroxylation is 1. The maximum absolute atomic E-state index is 11.8. The number of carbonyl (C=O) groups is 1. The van der Waals surface area contributed by atoms with Crippen molar-refractivity contribution >= 4 is 5.97 Å². The molecule has 1 heterocycles. The van der Waals surface area contributed by atoms with Gasteiger partial charge in [0.2, 0.25) is 0 Å². The number of benzene rings is 1. The normalized spacial score (nSPS) is 18.5. The Bertz CT molecular complexity index is 391. The molecule has 0 amide bonds. The number of hydrogen-bond donors (Lipinski definition) is 0. The Morgan fingerprint density at radius 1 is 1.37 bits per heavy atom. The largest absolute Gasteiger partial charge is 0.459 e.